The Hall–Kier alpha value is -3.88. The van der Waals surface area contributed by atoms with E-state index >= 15 is 0 Å². The van der Waals surface area contributed by atoms with Gasteiger partial charge in [0, 0.05) is 16.3 Å². The van der Waals surface area contributed by atoms with E-state index in [0.717, 1.165) is 5.56 Å². The van der Waals surface area contributed by atoms with Gasteiger partial charge in [-0.15, -0.1) is 0 Å². The third-order valence-electron chi connectivity index (χ3n) is 4.43. The van der Waals surface area contributed by atoms with Gasteiger partial charge in [-0.05, 0) is 48.9 Å². The number of nitrogens with one attached hydrogen (secondary N) is 3. The van der Waals surface area contributed by atoms with Crippen molar-refractivity contribution in [2.75, 3.05) is 17.2 Å². The molecule has 0 spiro atoms. The monoisotopic (exact) mass is 498 g/mol. The second kappa shape index (κ2) is 11.8. The minimum Gasteiger partial charge on any atom is -0.483 e. The van der Waals surface area contributed by atoms with Crippen molar-refractivity contribution in [1.82, 2.24) is 5.43 Å². The van der Waals surface area contributed by atoms with Crippen LogP contribution in [-0.2, 0) is 14.4 Å². The minimum atomic E-state index is -0.967. The summed E-state index contributed by atoms with van der Waals surface area (Å²) in [6.45, 7) is 1.55. The molecule has 0 fully saturated rings. The number of hydrogen-bond donors (Lipinski definition) is 3. The molecule has 0 aliphatic carbocycles. The Morgan fingerprint density at radius 3 is 2.41 bits per heavy atom. The van der Waals surface area contributed by atoms with Crippen molar-refractivity contribution in [3.8, 4) is 5.75 Å². The van der Waals surface area contributed by atoms with E-state index in [1.54, 1.807) is 66.7 Å². The fourth-order valence-electron chi connectivity index (χ4n) is 2.68. The highest BCUT2D eigenvalue weighted by Crippen LogP contribution is 2.21. The number of nitrogens with zero attached hydrogens (tertiary/aromatic N) is 1. The van der Waals surface area contributed by atoms with Crippen LogP contribution in [0.5, 0.6) is 5.75 Å². The molecule has 34 heavy (non-hydrogen) atoms. The van der Waals surface area contributed by atoms with E-state index in [1.807, 2.05) is 6.92 Å². The van der Waals surface area contributed by atoms with Crippen LogP contribution in [-0.4, -0.2) is 30.5 Å². The van der Waals surface area contributed by atoms with Crippen LogP contribution in [0.15, 0.2) is 71.8 Å². The summed E-state index contributed by atoms with van der Waals surface area (Å²) in [5.41, 5.74) is 4.33. The number of amides is 3. The normalized spacial score (nSPS) is 10.6. The van der Waals surface area contributed by atoms with Crippen molar-refractivity contribution < 1.29 is 19.1 Å². The second-order valence-corrected chi connectivity index (χ2v) is 7.79. The summed E-state index contributed by atoms with van der Waals surface area (Å²) in [5, 5.41) is 9.77. The van der Waals surface area contributed by atoms with E-state index in [9.17, 15) is 14.4 Å². The smallest absolute Gasteiger partial charge is 0.329 e. The van der Waals surface area contributed by atoms with Crippen LogP contribution in [0, 0.1) is 6.92 Å². The third-order valence-corrected chi connectivity index (χ3v) is 5.17. The van der Waals surface area contributed by atoms with Crippen LogP contribution in [0.3, 0.4) is 0 Å². The molecule has 0 unspecified atom stereocenters. The van der Waals surface area contributed by atoms with Crippen LogP contribution in [0.4, 0.5) is 11.4 Å². The van der Waals surface area contributed by atoms with E-state index in [1.165, 1.54) is 6.21 Å². The van der Waals surface area contributed by atoms with Crippen molar-refractivity contribution in [3.63, 3.8) is 0 Å². The van der Waals surface area contributed by atoms with Crippen molar-refractivity contribution >= 4 is 58.5 Å². The molecule has 174 valence electrons. The summed E-state index contributed by atoms with van der Waals surface area (Å²) < 4.78 is 5.56. The number of hydrogen-bond acceptors (Lipinski definition) is 5. The lowest BCUT2D eigenvalue weighted by Gasteiger charge is -2.10. The molecule has 3 aromatic rings. The molecule has 3 rings (SSSR count). The first kappa shape index (κ1) is 24.8. The number of ether oxygens (including phenoxy) is 1. The zero-order valence-corrected chi connectivity index (χ0v) is 19.5. The molecule has 8 nitrogen and oxygen atoms in total. The molecular weight excluding hydrogens is 479 g/mol. The van der Waals surface area contributed by atoms with Crippen LogP contribution in [0.2, 0.25) is 10.0 Å². The van der Waals surface area contributed by atoms with Crippen molar-refractivity contribution in [2.24, 2.45) is 5.10 Å². The molecule has 0 aliphatic heterocycles. The molecule has 0 saturated heterocycles. The number of aryl methyl sites for hydroxylation is 1. The van der Waals surface area contributed by atoms with Gasteiger partial charge in [-0.2, -0.15) is 5.10 Å². The number of para-hydroxylation sites is 2. The van der Waals surface area contributed by atoms with Crippen LogP contribution in [0.25, 0.3) is 0 Å². The summed E-state index contributed by atoms with van der Waals surface area (Å²) in [7, 11) is 0. The maximum atomic E-state index is 12.2. The number of anilines is 2. The van der Waals surface area contributed by atoms with Gasteiger partial charge in [0.05, 0.1) is 16.9 Å². The number of carbonyl (C=O) groups excluding carboxylic acids is 3. The third kappa shape index (κ3) is 7.06. The highest BCUT2D eigenvalue weighted by Gasteiger charge is 2.13. The largest absolute Gasteiger partial charge is 0.483 e. The number of halogens is 2. The Kier molecular flexibility index (Phi) is 8.61. The molecule has 3 amide bonds. The van der Waals surface area contributed by atoms with E-state index in [0.29, 0.717) is 32.7 Å². The lowest BCUT2D eigenvalue weighted by molar-refractivity contribution is -0.136. The van der Waals surface area contributed by atoms with Crippen LogP contribution >= 0.6 is 23.2 Å². The summed E-state index contributed by atoms with van der Waals surface area (Å²) >= 11 is 12.0. The first-order chi connectivity index (χ1) is 16.3. The SMILES string of the molecule is Cc1ccc(NC(=O)C(=O)N/N=C\c2ccccc2OCC(=O)Nc2ccccc2Cl)cc1Cl. The standard InChI is InChI=1S/C24H20Cl2N4O4/c1-15-10-11-17(12-19(15)26)28-23(32)24(33)30-27-13-16-6-2-5-9-21(16)34-14-22(31)29-20-8-4-3-7-18(20)25/h2-13H,14H2,1H3,(H,28,32)(H,29,31)(H,30,33)/b27-13-. The van der Waals surface area contributed by atoms with Gasteiger partial charge in [0.15, 0.2) is 6.61 Å². The highest BCUT2D eigenvalue weighted by atomic mass is 35.5. The maximum Gasteiger partial charge on any atom is 0.329 e. The first-order valence-corrected chi connectivity index (χ1v) is 10.8. The molecule has 3 N–H and O–H groups in total. The summed E-state index contributed by atoms with van der Waals surface area (Å²) in [6, 6.07) is 18.5. The number of benzene rings is 3. The van der Waals surface area contributed by atoms with E-state index in [4.69, 9.17) is 27.9 Å². The molecule has 3 aromatic carbocycles. The molecular formula is C24H20Cl2N4O4. The Morgan fingerprint density at radius 2 is 1.65 bits per heavy atom. The average Bonchev–Trinajstić information content (AvgIpc) is 2.82. The van der Waals surface area contributed by atoms with E-state index in [2.05, 4.69) is 21.2 Å². The van der Waals surface area contributed by atoms with Gasteiger partial charge < -0.3 is 15.4 Å². The molecule has 0 saturated carbocycles. The van der Waals surface area contributed by atoms with E-state index in [-0.39, 0.29) is 6.61 Å². The van der Waals surface area contributed by atoms with Crippen molar-refractivity contribution in [2.45, 2.75) is 6.92 Å². The maximum absolute atomic E-state index is 12.2. The van der Waals surface area contributed by atoms with Gasteiger partial charge in [-0.1, -0.05) is 53.5 Å². The Morgan fingerprint density at radius 1 is 0.912 bits per heavy atom. The zero-order valence-electron chi connectivity index (χ0n) is 18.0. The van der Waals surface area contributed by atoms with Crippen molar-refractivity contribution in [3.05, 3.63) is 87.9 Å². The predicted molar refractivity (Wildman–Crippen MR) is 133 cm³/mol. The second-order valence-electron chi connectivity index (χ2n) is 6.97. The molecule has 0 radical (unpaired) electrons. The first-order valence-electron chi connectivity index (χ1n) is 10.00. The summed E-state index contributed by atoms with van der Waals surface area (Å²) in [6.07, 6.45) is 1.30. The van der Waals surface area contributed by atoms with Gasteiger partial charge in [0.1, 0.15) is 5.75 Å². The minimum absolute atomic E-state index is 0.274. The van der Waals surface area contributed by atoms with Gasteiger partial charge in [0.25, 0.3) is 5.91 Å². The van der Waals surface area contributed by atoms with Gasteiger partial charge in [0.2, 0.25) is 0 Å². The lowest BCUT2D eigenvalue weighted by atomic mass is 10.2. The predicted octanol–water partition coefficient (Wildman–Crippen LogP) is 4.41. The van der Waals surface area contributed by atoms with Crippen LogP contribution < -0.4 is 20.8 Å². The number of carbonyl (C=O) groups is 3. The van der Waals surface area contributed by atoms with Gasteiger partial charge >= 0.3 is 11.8 Å². The van der Waals surface area contributed by atoms with Crippen molar-refractivity contribution in [1.29, 1.82) is 0 Å². The number of rotatable bonds is 7. The van der Waals surface area contributed by atoms with Gasteiger partial charge in [-0.3, -0.25) is 14.4 Å². The molecule has 0 heterocycles. The molecule has 0 bridgehead atoms. The Labute approximate surface area is 205 Å². The molecule has 10 heteroatoms. The lowest BCUT2D eigenvalue weighted by Crippen LogP contribution is -2.32. The Balaban J connectivity index is 1.54. The van der Waals surface area contributed by atoms with E-state index < -0.39 is 17.7 Å². The fourth-order valence-corrected chi connectivity index (χ4v) is 3.04. The topological polar surface area (TPSA) is 109 Å². The summed E-state index contributed by atoms with van der Waals surface area (Å²) in [4.78, 5) is 36.3. The quantitative estimate of drug-likeness (QED) is 0.254. The average molecular weight is 499 g/mol. The van der Waals surface area contributed by atoms with Gasteiger partial charge in [-0.25, -0.2) is 5.43 Å². The summed E-state index contributed by atoms with van der Waals surface area (Å²) in [5.74, 6) is -1.92. The molecule has 0 aliphatic rings. The molecule has 0 atom stereocenters. The number of hydrazone groups is 1. The fraction of sp³-hybridized carbons (Fsp3) is 0.0833. The zero-order chi connectivity index (χ0) is 24.5. The molecule has 0 aromatic heterocycles. The Bertz CT molecular complexity index is 1250. The van der Waals surface area contributed by atoms with Crippen LogP contribution in [0.1, 0.15) is 11.1 Å². The highest BCUT2D eigenvalue weighted by molar-refractivity contribution is 6.40.